The lowest BCUT2D eigenvalue weighted by molar-refractivity contribution is 0.658. The van der Waals surface area contributed by atoms with Crippen LogP contribution >= 0.6 is 11.3 Å². The molecule has 0 aromatic carbocycles. The van der Waals surface area contributed by atoms with E-state index in [0.29, 0.717) is 0 Å². The molecule has 0 saturated carbocycles. The van der Waals surface area contributed by atoms with E-state index in [1.807, 2.05) is 5.51 Å². The zero-order valence-electron chi connectivity index (χ0n) is 4.72. The Morgan fingerprint density at radius 1 is 1.88 bits per heavy atom. The predicted octanol–water partition coefficient (Wildman–Crippen LogP) is 1.80. The number of hydrogen-bond acceptors (Lipinski definition) is 2. The molecule has 1 atom stereocenters. The molecule has 2 heteroatoms. The lowest BCUT2D eigenvalue weighted by Crippen LogP contribution is -2.10. The van der Waals surface area contributed by atoms with Gasteiger partial charge in [0.1, 0.15) is 0 Å². The van der Waals surface area contributed by atoms with Crippen LogP contribution in [0.4, 0.5) is 0 Å². The van der Waals surface area contributed by atoms with Gasteiger partial charge in [-0.05, 0) is 6.42 Å². The van der Waals surface area contributed by atoms with E-state index in [4.69, 9.17) is 0 Å². The number of hydrogen-bond donors (Lipinski definition) is 0. The Labute approximate surface area is 52.4 Å². The molecule has 1 heterocycles. The first-order chi connectivity index (χ1) is 3.88. The van der Waals surface area contributed by atoms with Gasteiger partial charge in [-0.25, -0.2) is 4.98 Å². The van der Waals surface area contributed by atoms with Crippen LogP contribution in [0.3, 0.4) is 0 Å². The zero-order chi connectivity index (χ0) is 5.56. The van der Waals surface area contributed by atoms with E-state index < -0.39 is 0 Å². The smallest absolute Gasteiger partial charge is 0.0797 e. The topological polar surface area (TPSA) is 12.9 Å². The molecule has 0 radical (unpaired) electrons. The van der Waals surface area contributed by atoms with Gasteiger partial charge in [-0.1, -0.05) is 6.92 Å². The van der Waals surface area contributed by atoms with Crippen molar-refractivity contribution in [3.63, 3.8) is 0 Å². The number of thiazole rings is 1. The van der Waals surface area contributed by atoms with Crippen molar-refractivity contribution < 1.29 is 0 Å². The van der Waals surface area contributed by atoms with Gasteiger partial charge < -0.3 is 0 Å². The number of fused-ring (bicyclic) bond motifs is 1. The summed E-state index contributed by atoms with van der Waals surface area (Å²) in [5.41, 5.74) is 3.28. The van der Waals surface area contributed by atoms with Crippen LogP contribution < -0.4 is 0 Å². The third kappa shape index (κ3) is 0.388. The van der Waals surface area contributed by atoms with Crippen molar-refractivity contribution in [1.29, 1.82) is 0 Å². The monoisotopic (exact) mass is 125 g/mol. The minimum Gasteiger partial charge on any atom is -0.249 e. The number of rotatable bonds is 0. The average Bonchev–Trinajstić information content (AvgIpc) is 2.09. The lowest BCUT2D eigenvalue weighted by atomic mass is 9.91. The Morgan fingerprint density at radius 3 is 3.25 bits per heavy atom. The largest absolute Gasteiger partial charge is 0.249 e. The minimum atomic E-state index is 0.747. The van der Waals surface area contributed by atoms with Gasteiger partial charge in [-0.15, -0.1) is 11.3 Å². The first kappa shape index (κ1) is 4.50. The summed E-state index contributed by atoms with van der Waals surface area (Å²) < 4.78 is 0. The van der Waals surface area contributed by atoms with Crippen LogP contribution in [0.25, 0.3) is 0 Å². The molecular weight excluding hydrogens is 118 g/mol. The van der Waals surface area contributed by atoms with E-state index in [2.05, 4.69) is 11.9 Å². The van der Waals surface area contributed by atoms with Crippen molar-refractivity contribution in [3.8, 4) is 0 Å². The van der Waals surface area contributed by atoms with Crippen LogP contribution in [0.5, 0.6) is 0 Å². The minimum absolute atomic E-state index is 0.747. The molecule has 0 aliphatic heterocycles. The number of aromatic nitrogens is 1. The first-order valence-corrected chi connectivity index (χ1v) is 3.68. The highest BCUT2D eigenvalue weighted by molar-refractivity contribution is 7.09. The standard InChI is InChI=1S/C6H7NS/c1-4-2-5-6(4)7-3-8-5/h3-4H,2H2,1H3. The van der Waals surface area contributed by atoms with Gasteiger partial charge in [0.15, 0.2) is 0 Å². The molecule has 1 aliphatic carbocycles. The summed E-state index contributed by atoms with van der Waals surface area (Å²) in [5.74, 6) is 0.747. The maximum absolute atomic E-state index is 4.20. The molecule has 2 rings (SSSR count). The highest BCUT2D eigenvalue weighted by Crippen LogP contribution is 2.35. The van der Waals surface area contributed by atoms with Crippen LogP contribution in [0.15, 0.2) is 5.51 Å². The molecule has 0 spiro atoms. The van der Waals surface area contributed by atoms with E-state index >= 15 is 0 Å². The van der Waals surface area contributed by atoms with Crippen LogP contribution in [-0.4, -0.2) is 4.98 Å². The van der Waals surface area contributed by atoms with Crippen LogP contribution in [0.1, 0.15) is 23.4 Å². The molecule has 1 unspecified atom stereocenters. The molecule has 0 bridgehead atoms. The van der Waals surface area contributed by atoms with Crippen LogP contribution in [0, 0.1) is 0 Å². The first-order valence-electron chi connectivity index (χ1n) is 2.80. The van der Waals surface area contributed by atoms with Crippen molar-refractivity contribution in [2.45, 2.75) is 19.3 Å². The molecule has 0 amide bonds. The van der Waals surface area contributed by atoms with Gasteiger partial charge in [-0.3, -0.25) is 0 Å². The summed E-state index contributed by atoms with van der Waals surface area (Å²) in [4.78, 5) is 5.70. The second kappa shape index (κ2) is 1.32. The molecule has 0 N–H and O–H groups in total. The van der Waals surface area contributed by atoms with Gasteiger partial charge in [0, 0.05) is 10.8 Å². The van der Waals surface area contributed by atoms with E-state index in [1.54, 1.807) is 11.3 Å². The summed E-state index contributed by atoms with van der Waals surface area (Å²) in [7, 11) is 0. The lowest BCUT2D eigenvalue weighted by Gasteiger charge is -2.18. The van der Waals surface area contributed by atoms with Crippen molar-refractivity contribution in [2.75, 3.05) is 0 Å². The van der Waals surface area contributed by atoms with Gasteiger partial charge >= 0.3 is 0 Å². The Hall–Kier alpha value is -0.370. The normalized spacial score (nSPS) is 24.4. The van der Waals surface area contributed by atoms with Crippen molar-refractivity contribution >= 4 is 11.3 Å². The summed E-state index contributed by atoms with van der Waals surface area (Å²) in [5, 5.41) is 0. The van der Waals surface area contributed by atoms with Crippen LogP contribution in [-0.2, 0) is 6.42 Å². The van der Waals surface area contributed by atoms with Gasteiger partial charge in [0.05, 0.1) is 11.2 Å². The molecule has 1 aromatic heterocycles. The fourth-order valence-corrected chi connectivity index (χ4v) is 2.09. The maximum Gasteiger partial charge on any atom is 0.0797 e. The molecule has 1 nitrogen and oxygen atoms in total. The summed E-state index contributed by atoms with van der Waals surface area (Å²) >= 11 is 1.78. The van der Waals surface area contributed by atoms with Crippen molar-refractivity contribution in [1.82, 2.24) is 4.98 Å². The SMILES string of the molecule is CC1Cc2scnc21. The quantitative estimate of drug-likeness (QED) is 0.515. The highest BCUT2D eigenvalue weighted by atomic mass is 32.1. The second-order valence-electron chi connectivity index (χ2n) is 2.27. The van der Waals surface area contributed by atoms with Gasteiger partial charge in [0.2, 0.25) is 0 Å². The Kier molecular flexibility index (Phi) is 0.742. The molecule has 0 fully saturated rings. The summed E-state index contributed by atoms with van der Waals surface area (Å²) in [6, 6.07) is 0. The highest BCUT2D eigenvalue weighted by Gasteiger charge is 2.24. The molecule has 8 heavy (non-hydrogen) atoms. The molecule has 0 saturated heterocycles. The van der Waals surface area contributed by atoms with E-state index in [9.17, 15) is 0 Å². The third-order valence-corrected chi connectivity index (χ3v) is 2.50. The van der Waals surface area contributed by atoms with Crippen molar-refractivity contribution in [3.05, 3.63) is 16.1 Å². The van der Waals surface area contributed by atoms with Crippen LogP contribution in [0.2, 0.25) is 0 Å². The Bertz CT molecular complexity index is 204. The molecule has 42 valence electrons. The number of nitrogens with zero attached hydrogens (tertiary/aromatic N) is 1. The maximum atomic E-state index is 4.20. The fourth-order valence-electron chi connectivity index (χ4n) is 1.08. The average molecular weight is 125 g/mol. The van der Waals surface area contributed by atoms with Gasteiger partial charge in [0.25, 0.3) is 0 Å². The Balaban J connectivity index is 2.53. The predicted molar refractivity (Wildman–Crippen MR) is 34.2 cm³/mol. The zero-order valence-corrected chi connectivity index (χ0v) is 5.53. The molecular formula is C6H7NS. The fraction of sp³-hybridized carbons (Fsp3) is 0.500. The third-order valence-electron chi connectivity index (χ3n) is 1.63. The van der Waals surface area contributed by atoms with E-state index in [1.165, 1.54) is 17.0 Å². The summed E-state index contributed by atoms with van der Waals surface area (Å²) in [6.45, 7) is 2.22. The van der Waals surface area contributed by atoms with Crippen molar-refractivity contribution in [2.24, 2.45) is 0 Å². The molecule has 1 aromatic rings. The molecule has 1 aliphatic rings. The Morgan fingerprint density at radius 2 is 2.75 bits per heavy atom. The van der Waals surface area contributed by atoms with E-state index in [-0.39, 0.29) is 0 Å². The second-order valence-corrected chi connectivity index (χ2v) is 3.21. The van der Waals surface area contributed by atoms with Gasteiger partial charge in [-0.2, -0.15) is 0 Å². The van der Waals surface area contributed by atoms with E-state index in [0.717, 1.165) is 5.92 Å². The summed E-state index contributed by atoms with van der Waals surface area (Å²) in [6.07, 6.45) is 1.26.